The highest BCUT2D eigenvalue weighted by Gasteiger charge is 2.38. The molecule has 0 aliphatic rings. The molecule has 2 amide bonds. The molecular weight excluding hydrogens is 392 g/mol. The van der Waals surface area contributed by atoms with Crippen LogP contribution in [0, 0.1) is 0 Å². The Morgan fingerprint density at radius 3 is 2.10 bits per heavy atom. The fourth-order valence-corrected chi connectivity index (χ4v) is 2.75. The van der Waals surface area contributed by atoms with Crippen LogP contribution in [0.25, 0.3) is 0 Å². The predicted octanol–water partition coefficient (Wildman–Crippen LogP) is 2.83. The molecule has 162 valence electrons. The molecule has 0 saturated carbocycles. The Labute approximate surface area is 178 Å². The van der Waals surface area contributed by atoms with Crippen LogP contribution in [-0.4, -0.2) is 59.5 Å². The third-order valence-corrected chi connectivity index (χ3v) is 4.41. The van der Waals surface area contributed by atoms with Gasteiger partial charge in [0.25, 0.3) is 0 Å². The van der Waals surface area contributed by atoms with Crippen molar-refractivity contribution in [2.45, 2.75) is 63.5 Å². The molecule has 0 spiro atoms. The van der Waals surface area contributed by atoms with E-state index in [1.54, 1.807) is 34.6 Å². The van der Waals surface area contributed by atoms with Crippen molar-refractivity contribution in [1.29, 1.82) is 0 Å². The van der Waals surface area contributed by atoms with Gasteiger partial charge in [-0.25, -0.2) is 9.59 Å². The lowest BCUT2D eigenvalue weighted by Crippen LogP contribution is -2.58. The zero-order valence-corrected chi connectivity index (χ0v) is 19.1. The van der Waals surface area contributed by atoms with Crippen LogP contribution in [0.15, 0.2) is 30.3 Å². The van der Waals surface area contributed by atoms with E-state index >= 15 is 0 Å². The molecule has 1 aromatic carbocycles. The second kappa shape index (κ2) is 10.0. The van der Waals surface area contributed by atoms with Crippen LogP contribution in [0.1, 0.15) is 40.2 Å². The highest BCUT2D eigenvalue weighted by Crippen LogP contribution is 2.20. The predicted molar refractivity (Wildman–Crippen MR) is 115 cm³/mol. The standard InChI is InChI=1S/C21H32N2O5S/c1-20(2,3)28-19(26)23(6)15(13-14-11-9-8-10-12-14)17(24)22-16(18(25)27-7)21(4,5)29/h8-12,15-16,29H,13H2,1-7H3,(H,22,24)/t15-,16-/m0/s1. The Kier molecular flexibility index (Phi) is 8.56. The molecule has 1 aromatic rings. The minimum Gasteiger partial charge on any atom is -0.467 e. The molecule has 0 aromatic heterocycles. The monoisotopic (exact) mass is 424 g/mol. The van der Waals surface area contributed by atoms with Crippen molar-refractivity contribution in [1.82, 2.24) is 10.2 Å². The van der Waals surface area contributed by atoms with Crippen molar-refractivity contribution < 1.29 is 23.9 Å². The van der Waals surface area contributed by atoms with Gasteiger partial charge in [0.15, 0.2) is 0 Å². The lowest BCUT2D eigenvalue weighted by Gasteiger charge is -2.33. The first-order chi connectivity index (χ1) is 13.3. The van der Waals surface area contributed by atoms with Crippen molar-refractivity contribution in [3.8, 4) is 0 Å². The molecule has 0 aliphatic heterocycles. The number of carbonyl (C=O) groups excluding carboxylic acids is 3. The van der Waals surface area contributed by atoms with Gasteiger partial charge in [-0.3, -0.25) is 9.69 Å². The zero-order chi connectivity index (χ0) is 22.4. The smallest absolute Gasteiger partial charge is 0.410 e. The van der Waals surface area contributed by atoms with Crippen LogP contribution in [0.2, 0.25) is 0 Å². The van der Waals surface area contributed by atoms with Crippen LogP contribution in [0.5, 0.6) is 0 Å². The second-order valence-electron chi connectivity index (χ2n) is 8.42. The van der Waals surface area contributed by atoms with Crippen LogP contribution in [0.3, 0.4) is 0 Å². The number of methoxy groups -OCH3 is 1. The lowest BCUT2D eigenvalue weighted by molar-refractivity contribution is -0.146. The van der Waals surface area contributed by atoms with Gasteiger partial charge < -0.3 is 14.8 Å². The Bertz CT molecular complexity index is 710. The third kappa shape index (κ3) is 7.97. The Hall–Kier alpha value is -2.22. The SMILES string of the molecule is COC(=O)[C@H](NC(=O)[C@H](Cc1ccccc1)N(C)C(=O)OC(C)(C)C)C(C)(C)S. The van der Waals surface area contributed by atoms with Gasteiger partial charge >= 0.3 is 12.1 Å². The van der Waals surface area contributed by atoms with E-state index in [9.17, 15) is 14.4 Å². The summed E-state index contributed by atoms with van der Waals surface area (Å²) in [5, 5.41) is 2.69. The minimum atomic E-state index is -0.992. The maximum Gasteiger partial charge on any atom is 0.410 e. The van der Waals surface area contributed by atoms with Gasteiger partial charge in [-0.2, -0.15) is 12.6 Å². The van der Waals surface area contributed by atoms with Crippen molar-refractivity contribution >= 4 is 30.6 Å². The first-order valence-corrected chi connectivity index (χ1v) is 9.81. The van der Waals surface area contributed by atoms with Crippen molar-refractivity contribution in [3.05, 3.63) is 35.9 Å². The molecule has 2 atom stereocenters. The van der Waals surface area contributed by atoms with Gasteiger partial charge in [-0.1, -0.05) is 30.3 Å². The molecule has 0 saturated heterocycles. The van der Waals surface area contributed by atoms with E-state index < -0.39 is 40.4 Å². The zero-order valence-electron chi connectivity index (χ0n) is 18.2. The molecule has 0 radical (unpaired) electrons. The maximum absolute atomic E-state index is 13.1. The molecule has 0 aliphatic carbocycles. The van der Waals surface area contributed by atoms with Crippen molar-refractivity contribution in [2.75, 3.05) is 14.2 Å². The number of esters is 1. The number of thiol groups is 1. The number of likely N-dealkylation sites (N-methyl/N-ethyl adjacent to an activating group) is 1. The second-order valence-corrected chi connectivity index (χ2v) is 9.57. The Morgan fingerprint density at radius 1 is 1.10 bits per heavy atom. The average Bonchev–Trinajstić information content (AvgIpc) is 2.61. The van der Waals surface area contributed by atoms with E-state index in [-0.39, 0.29) is 6.42 Å². The van der Waals surface area contributed by atoms with Gasteiger partial charge in [0.1, 0.15) is 17.7 Å². The molecule has 0 fully saturated rings. The first-order valence-electron chi connectivity index (χ1n) is 9.36. The number of hydrogen-bond donors (Lipinski definition) is 2. The fourth-order valence-electron chi connectivity index (χ4n) is 2.58. The molecule has 8 heteroatoms. The molecule has 0 heterocycles. The summed E-state index contributed by atoms with van der Waals surface area (Å²) >= 11 is 4.41. The largest absolute Gasteiger partial charge is 0.467 e. The van der Waals surface area contributed by atoms with Crippen LogP contribution in [-0.2, 0) is 25.5 Å². The number of nitrogens with zero attached hydrogens (tertiary/aromatic N) is 1. The van der Waals surface area contributed by atoms with Crippen LogP contribution < -0.4 is 5.32 Å². The highest BCUT2D eigenvalue weighted by molar-refractivity contribution is 7.81. The summed E-state index contributed by atoms with van der Waals surface area (Å²) < 4.78 is 9.34. The molecule has 29 heavy (non-hydrogen) atoms. The topological polar surface area (TPSA) is 84.9 Å². The molecular formula is C21H32N2O5S. The normalized spacial score (nSPS) is 13.8. The van der Waals surface area contributed by atoms with Gasteiger partial charge in [0.2, 0.25) is 5.91 Å². The van der Waals surface area contributed by atoms with E-state index in [2.05, 4.69) is 17.9 Å². The minimum absolute atomic E-state index is 0.253. The average molecular weight is 425 g/mol. The number of ether oxygens (including phenoxy) is 2. The Balaban J connectivity index is 3.16. The summed E-state index contributed by atoms with van der Waals surface area (Å²) in [5.41, 5.74) is 0.156. The number of benzene rings is 1. The summed E-state index contributed by atoms with van der Waals surface area (Å²) in [6, 6.07) is 7.42. The van der Waals surface area contributed by atoms with Crippen LogP contribution >= 0.6 is 12.6 Å². The van der Waals surface area contributed by atoms with Gasteiger partial charge in [-0.15, -0.1) is 0 Å². The summed E-state index contributed by atoms with van der Waals surface area (Å²) in [6.45, 7) is 8.65. The maximum atomic E-state index is 13.1. The molecule has 0 unspecified atom stereocenters. The Morgan fingerprint density at radius 2 is 1.66 bits per heavy atom. The third-order valence-electron chi connectivity index (χ3n) is 4.15. The number of carbonyl (C=O) groups is 3. The summed E-state index contributed by atoms with van der Waals surface area (Å²) in [4.78, 5) is 39.1. The van der Waals surface area contributed by atoms with Crippen molar-refractivity contribution in [3.63, 3.8) is 0 Å². The summed E-state index contributed by atoms with van der Waals surface area (Å²) in [5.74, 6) is -1.11. The van der Waals surface area contributed by atoms with E-state index in [1.807, 2.05) is 30.3 Å². The molecule has 7 nitrogen and oxygen atoms in total. The number of hydrogen-bond acceptors (Lipinski definition) is 6. The van der Waals surface area contributed by atoms with Crippen LogP contribution in [0.4, 0.5) is 4.79 Å². The van der Waals surface area contributed by atoms with E-state index in [1.165, 1.54) is 19.1 Å². The number of nitrogens with one attached hydrogen (secondary N) is 1. The first kappa shape index (κ1) is 24.8. The lowest BCUT2D eigenvalue weighted by atomic mass is 10.0. The summed E-state index contributed by atoms with van der Waals surface area (Å²) in [6.07, 6.45) is -0.378. The van der Waals surface area contributed by atoms with Gasteiger partial charge in [0.05, 0.1) is 7.11 Å². The number of rotatable bonds is 7. The fraction of sp³-hybridized carbons (Fsp3) is 0.571. The van der Waals surface area contributed by atoms with Crippen molar-refractivity contribution in [2.24, 2.45) is 0 Å². The summed E-state index contributed by atoms with van der Waals surface area (Å²) in [7, 11) is 2.75. The number of amides is 2. The quantitative estimate of drug-likeness (QED) is 0.519. The molecule has 0 bridgehead atoms. The molecule has 1 rings (SSSR count). The van der Waals surface area contributed by atoms with E-state index in [4.69, 9.17) is 9.47 Å². The molecule has 1 N–H and O–H groups in total. The van der Waals surface area contributed by atoms with Gasteiger partial charge in [-0.05, 0) is 40.2 Å². The van der Waals surface area contributed by atoms with E-state index in [0.717, 1.165) is 5.56 Å². The van der Waals surface area contributed by atoms with Gasteiger partial charge in [0, 0.05) is 18.2 Å². The van der Waals surface area contributed by atoms with E-state index in [0.29, 0.717) is 0 Å². The highest BCUT2D eigenvalue weighted by atomic mass is 32.1.